The molecule has 2 heteroatoms. The Morgan fingerprint density at radius 2 is 1.79 bits per heavy atom. The molecule has 0 saturated carbocycles. The van der Waals surface area contributed by atoms with Crippen LogP contribution in [0.5, 0.6) is 5.75 Å². The number of benzene rings is 2. The molecule has 19 heavy (non-hydrogen) atoms. The molecule has 0 fully saturated rings. The van der Waals surface area contributed by atoms with E-state index in [4.69, 9.17) is 4.74 Å². The van der Waals surface area contributed by atoms with Gasteiger partial charge in [0, 0.05) is 12.3 Å². The van der Waals surface area contributed by atoms with Crippen LogP contribution >= 0.6 is 0 Å². The summed E-state index contributed by atoms with van der Waals surface area (Å²) in [5.41, 5.74) is 2.46. The molecule has 2 aromatic rings. The number of hydrogen-bond acceptors (Lipinski definition) is 2. The molecule has 0 radical (unpaired) electrons. The summed E-state index contributed by atoms with van der Waals surface area (Å²) in [7, 11) is 0. The summed E-state index contributed by atoms with van der Waals surface area (Å²) < 4.78 is 5.95. The molecule has 1 N–H and O–H groups in total. The summed E-state index contributed by atoms with van der Waals surface area (Å²) in [6.45, 7) is 0.167. The van der Waals surface area contributed by atoms with Gasteiger partial charge in [0.1, 0.15) is 11.9 Å². The predicted molar refractivity (Wildman–Crippen MR) is 75.4 cm³/mol. The van der Waals surface area contributed by atoms with Crippen LogP contribution in [0.15, 0.2) is 54.6 Å². The predicted octanol–water partition coefficient (Wildman–Crippen LogP) is 3.16. The van der Waals surface area contributed by atoms with E-state index in [2.05, 4.69) is 18.2 Å². The smallest absolute Gasteiger partial charge is 0.123 e. The van der Waals surface area contributed by atoms with Crippen LogP contribution in [0.25, 0.3) is 0 Å². The molecule has 2 nitrogen and oxygen atoms in total. The van der Waals surface area contributed by atoms with Gasteiger partial charge in [0.05, 0.1) is 6.61 Å². The van der Waals surface area contributed by atoms with Gasteiger partial charge >= 0.3 is 0 Å². The first-order valence-electron chi connectivity index (χ1n) is 6.77. The second kappa shape index (κ2) is 5.45. The highest BCUT2D eigenvalue weighted by atomic mass is 16.5. The Balaban J connectivity index is 1.69. The Hall–Kier alpha value is -1.80. The molecule has 98 valence electrons. The van der Waals surface area contributed by atoms with E-state index in [1.54, 1.807) is 0 Å². The number of rotatable bonds is 4. The van der Waals surface area contributed by atoms with Crippen molar-refractivity contribution >= 4 is 0 Å². The van der Waals surface area contributed by atoms with Gasteiger partial charge in [0.15, 0.2) is 0 Å². The third-order valence-electron chi connectivity index (χ3n) is 3.75. The molecule has 0 aliphatic carbocycles. The Morgan fingerprint density at radius 3 is 2.53 bits per heavy atom. The molecule has 0 spiro atoms. The lowest BCUT2D eigenvalue weighted by Gasteiger charge is -2.19. The van der Waals surface area contributed by atoms with Crippen molar-refractivity contribution in [3.63, 3.8) is 0 Å². The fraction of sp³-hybridized carbons (Fsp3) is 0.294. The van der Waals surface area contributed by atoms with Crippen LogP contribution < -0.4 is 4.74 Å². The molecule has 2 unspecified atom stereocenters. The lowest BCUT2D eigenvalue weighted by molar-refractivity contribution is 0.179. The molecule has 2 aromatic carbocycles. The zero-order valence-electron chi connectivity index (χ0n) is 10.8. The summed E-state index contributed by atoms with van der Waals surface area (Å²) in [6.07, 6.45) is 1.98. The van der Waals surface area contributed by atoms with E-state index in [1.807, 2.05) is 36.4 Å². The largest absolute Gasteiger partial charge is 0.490 e. The van der Waals surface area contributed by atoms with Crippen molar-refractivity contribution in [1.82, 2.24) is 0 Å². The molecule has 0 saturated heterocycles. The molecule has 0 amide bonds. The zero-order valence-corrected chi connectivity index (χ0v) is 10.8. The second-order valence-electron chi connectivity index (χ2n) is 5.08. The van der Waals surface area contributed by atoms with E-state index in [0.717, 1.165) is 18.6 Å². The van der Waals surface area contributed by atoms with Crippen molar-refractivity contribution in [2.24, 2.45) is 0 Å². The maximum atomic E-state index is 9.60. The van der Waals surface area contributed by atoms with E-state index in [0.29, 0.717) is 0 Å². The maximum Gasteiger partial charge on any atom is 0.123 e. The van der Waals surface area contributed by atoms with Gasteiger partial charge in [-0.05, 0) is 23.6 Å². The molecule has 1 aliphatic rings. The normalized spacial score (nSPS) is 18.7. The molecule has 0 aromatic heterocycles. The molecule has 3 rings (SSSR count). The lowest BCUT2D eigenvalue weighted by Crippen LogP contribution is -2.19. The second-order valence-corrected chi connectivity index (χ2v) is 5.08. The van der Waals surface area contributed by atoms with Gasteiger partial charge in [-0.3, -0.25) is 0 Å². The van der Waals surface area contributed by atoms with Crippen LogP contribution in [-0.4, -0.2) is 17.8 Å². The van der Waals surface area contributed by atoms with Gasteiger partial charge in [-0.2, -0.15) is 0 Å². The Kier molecular flexibility index (Phi) is 3.51. The van der Waals surface area contributed by atoms with E-state index in [1.165, 1.54) is 11.1 Å². The Morgan fingerprint density at radius 1 is 1.05 bits per heavy atom. The number of fused-ring (bicyclic) bond motifs is 1. The van der Waals surface area contributed by atoms with Gasteiger partial charge in [0.2, 0.25) is 0 Å². The van der Waals surface area contributed by atoms with Gasteiger partial charge in [0.25, 0.3) is 0 Å². The van der Waals surface area contributed by atoms with Crippen molar-refractivity contribution in [3.8, 4) is 5.75 Å². The topological polar surface area (TPSA) is 29.5 Å². The van der Waals surface area contributed by atoms with Gasteiger partial charge in [-0.1, -0.05) is 48.5 Å². The number of para-hydroxylation sites is 1. The Labute approximate surface area is 113 Å². The van der Waals surface area contributed by atoms with Gasteiger partial charge in [-0.25, -0.2) is 0 Å². The van der Waals surface area contributed by atoms with Crippen LogP contribution in [0.1, 0.15) is 23.5 Å². The highest BCUT2D eigenvalue weighted by Crippen LogP contribution is 2.32. The fourth-order valence-corrected chi connectivity index (χ4v) is 2.74. The first-order chi connectivity index (χ1) is 9.36. The zero-order chi connectivity index (χ0) is 13.1. The molecular formula is C17H18O2. The summed E-state index contributed by atoms with van der Waals surface area (Å²) in [6, 6.07) is 18.4. The highest BCUT2D eigenvalue weighted by Gasteiger charge is 2.25. The van der Waals surface area contributed by atoms with Gasteiger partial charge in [-0.15, -0.1) is 0 Å². The highest BCUT2D eigenvalue weighted by molar-refractivity contribution is 5.37. The minimum absolute atomic E-state index is 0.153. The van der Waals surface area contributed by atoms with Crippen LogP contribution in [0.3, 0.4) is 0 Å². The molecule has 1 heterocycles. The average Bonchev–Trinajstić information content (AvgIpc) is 2.88. The first kappa shape index (κ1) is 12.2. The van der Waals surface area contributed by atoms with Crippen molar-refractivity contribution in [1.29, 1.82) is 0 Å². The standard InChI is InChI=1S/C17H18O2/c18-12-15(13-6-2-1-3-7-13)11-16-10-14-8-4-5-9-17(14)19-16/h1-9,15-16,18H,10-12H2. The molecule has 0 bridgehead atoms. The molecule has 1 aliphatic heterocycles. The number of hydrogen-bond donors (Lipinski definition) is 1. The molecular weight excluding hydrogens is 236 g/mol. The number of aliphatic hydroxyl groups is 1. The third-order valence-corrected chi connectivity index (χ3v) is 3.75. The number of aliphatic hydroxyl groups excluding tert-OH is 1. The minimum Gasteiger partial charge on any atom is -0.490 e. The summed E-state index contributed by atoms with van der Waals surface area (Å²) in [5, 5.41) is 9.60. The van der Waals surface area contributed by atoms with Crippen molar-refractivity contribution in [3.05, 3.63) is 65.7 Å². The van der Waals surface area contributed by atoms with Crippen molar-refractivity contribution < 1.29 is 9.84 Å². The quantitative estimate of drug-likeness (QED) is 0.908. The van der Waals surface area contributed by atoms with Gasteiger partial charge < -0.3 is 9.84 Å². The van der Waals surface area contributed by atoms with E-state index in [9.17, 15) is 5.11 Å². The summed E-state index contributed by atoms with van der Waals surface area (Å²) in [5.74, 6) is 1.15. The SMILES string of the molecule is OCC(CC1Cc2ccccc2O1)c1ccccc1. The Bertz CT molecular complexity index is 511. The van der Waals surface area contributed by atoms with Crippen LogP contribution in [0.2, 0.25) is 0 Å². The van der Waals surface area contributed by atoms with E-state index >= 15 is 0 Å². The van der Waals surface area contributed by atoms with Crippen LogP contribution in [0.4, 0.5) is 0 Å². The summed E-state index contributed by atoms with van der Waals surface area (Å²) >= 11 is 0. The van der Waals surface area contributed by atoms with Crippen LogP contribution in [0, 0.1) is 0 Å². The third kappa shape index (κ3) is 2.64. The van der Waals surface area contributed by atoms with E-state index < -0.39 is 0 Å². The average molecular weight is 254 g/mol. The first-order valence-corrected chi connectivity index (χ1v) is 6.77. The van der Waals surface area contributed by atoms with Crippen molar-refractivity contribution in [2.75, 3.05) is 6.61 Å². The monoisotopic (exact) mass is 254 g/mol. The fourth-order valence-electron chi connectivity index (χ4n) is 2.74. The lowest BCUT2D eigenvalue weighted by atomic mass is 9.92. The number of ether oxygens (including phenoxy) is 1. The van der Waals surface area contributed by atoms with E-state index in [-0.39, 0.29) is 18.6 Å². The summed E-state index contributed by atoms with van der Waals surface area (Å²) in [4.78, 5) is 0. The molecule has 2 atom stereocenters. The van der Waals surface area contributed by atoms with Crippen LogP contribution in [-0.2, 0) is 6.42 Å². The maximum absolute atomic E-state index is 9.60. The van der Waals surface area contributed by atoms with Crippen molar-refractivity contribution in [2.45, 2.75) is 24.9 Å². The minimum atomic E-state index is 0.153.